The molecule has 0 unspecified atom stereocenters. The van der Waals surface area contributed by atoms with Gasteiger partial charge in [0.15, 0.2) is 0 Å². The first kappa shape index (κ1) is 22.7. The summed E-state index contributed by atoms with van der Waals surface area (Å²) in [5, 5.41) is 28.5. The van der Waals surface area contributed by atoms with Crippen molar-refractivity contribution in [2.75, 3.05) is 0 Å². The molecule has 0 saturated heterocycles. The molecule has 0 radical (unpaired) electrons. The smallest absolute Gasteiger partial charge is 0.224 e. The molecule has 162 valence electrons. The molecule has 0 aliphatic carbocycles. The number of primary amides is 1. The highest BCUT2D eigenvalue weighted by Gasteiger charge is 2.37. The predicted molar refractivity (Wildman–Crippen MR) is 120 cm³/mol. The molecule has 31 heavy (non-hydrogen) atoms. The summed E-state index contributed by atoms with van der Waals surface area (Å²) >= 11 is 0. The van der Waals surface area contributed by atoms with Gasteiger partial charge in [0.25, 0.3) is 0 Å². The summed E-state index contributed by atoms with van der Waals surface area (Å²) in [5.74, 6) is -0.411. The second kappa shape index (κ2) is 10.4. The fraction of sp³-hybridized carbons (Fsp3) is 0.269. The number of hydrogen-bond acceptors (Lipinski definition) is 4. The molecule has 0 spiro atoms. The Labute approximate surface area is 182 Å². The van der Waals surface area contributed by atoms with E-state index >= 15 is 0 Å². The van der Waals surface area contributed by atoms with Gasteiger partial charge in [0.1, 0.15) is 0 Å². The van der Waals surface area contributed by atoms with Gasteiger partial charge >= 0.3 is 0 Å². The summed E-state index contributed by atoms with van der Waals surface area (Å²) in [5.41, 5.74) is 10.2. The molecule has 0 aliphatic rings. The molecule has 0 bridgehead atoms. The average Bonchev–Trinajstić information content (AvgIpc) is 2.79. The van der Waals surface area contributed by atoms with Gasteiger partial charge < -0.3 is 21.1 Å². The average molecular weight is 420 g/mol. The van der Waals surface area contributed by atoms with E-state index in [1.165, 1.54) is 0 Å². The van der Waals surface area contributed by atoms with Crippen molar-refractivity contribution < 1.29 is 20.1 Å². The van der Waals surface area contributed by atoms with Crippen molar-refractivity contribution >= 4 is 5.91 Å². The molecular weight excluding hydrogens is 390 g/mol. The summed E-state index contributed by atoms with van der Waals surface area (Å²) < 4.78 is 0. The monoisotopic (exact) mass is 419 g/mol. The predicted octanol–water partition coefficient (Wildman–Crippen LogP) is 2.66. The van der Waals surface area contributed by atoms with Crippen molar-refractivity contribution in [1.82, 2.24) is 0 Å². The Morgan fingerprint density at radius 3 is 1.16 bits per heavy atom. The van der Waals surface area contributed by atoms with Crippen LogP contribution in [0.5, 0.6) is 0 Å². The molecule has 0 fully saturated rings. The quantitative estimate of drug-likeness (QED) is 0.406. The Balaban J connectivity index is 2.04. The third-order valence-electron chi connectivity index (χ3n) is 5.67. The lowest BCUT2D eigenvalue weighted by Crippen LogP contribution is -2.43. The van der Waals surface area contributed by atoms with Crippen molar-refractivity contribution in [2.45, 2.75) is 39.1 Å². The molecule has 5 heteroatoms. The van der Waals surface area contributed by atoms with Gasteiger partial charge in [-0.1, -0.05) is 72.8 Å². The SMILES string of the molecule is NC(=O)C(Cc1cccc(CO)c1)(Cc1cccc(CO)c1)Cc1cccc(CO)c1. The molecule has 0 saturated carbocycles. The Bertz CT molecular complexity index is 911. The summed E-state index contributed by atoms with van der Waals surface area (Å²) in [6.07, 6.45) is 1.22. The second-order valence-electron chi connectivity index (χ2n) is 8.11. The van der Waals surface area contributed by atoms with Gasteiger partial charge in [0.2, 0.25) is 5.91 Å². The van der Waals surface area contributed by atoms with E-state index in [2.05, 4.69) is 0 Å². The number of benzene rings is 3. The molecule has 5 nitrogen and oxygen atoms in total. The van der Waals surface area contributed by atoms with Gasteiger partial charge in [-0.05, 0) is 52.6 Å². The van der Waals surface area contributed by atoms with Gasteiger partial charge in [-0.3, -0.25) is 4.79 Å². The largest absolute Gasteiger partial charge is 0.392 e. The number of carbonyl (C=O) groups is 1. The molecule has 0 atom stereocenters. The lowest BCUT2D eigenvalue weighted by Gasteiger charge is -2.32. The fourth-order valence-electron chi connectivity index (χ4n) is 4.13. The summed E-state index contributed by atoms with van der Waals surface area (Å²) in [6.45, 7) is -0.225. The third-order valence-corrected chi connectivity index (χ3v) is 5.67. The minimum absolute atomic E-state index is 0.0749. The molecular formula is C26H29NO4. The fourth-order valence-corrected chi connectivity index (χ4v) is 4.13. The zero-order valence-electron chi connectivity index (χ0n) is 17.5. The number of nitrogens with two attached hydrogens (primary N) is 1. The van der Waals surface area contributed by atoms with E-state index in [1.54, 1.807) is 0 Å². The van der Waals surface area contributed by atoms with Crippen LogP contribution < -0.4 is 5.73 Å². The lowest BCUT2D eigenvalue weighted by atomic mass is 9.71. The highest BCUT2D eigenvalue weighted by atomic mass is 16.3. The first-order valence-corrected chi connectivity index (χ1v) is 10.3. The first-order chi connectivity index (χ1) is 15.0. The number of amides is 1. The van der Waals surface area contributed by atoms with Crippen molar-refractivity contribution in [3.05, 3.63) is 106 Å². The number of hydrogen-bond donors (Lipinski definition) is 4. The van der Waals surface area contributed by atoms with E-state index < -0.39 is 11.3 Å². The lowest BCUT2D eigenvalue weighted by molar-refractivity contribution is -0.127. The van der Waals surface area contributed by atoms with Gasteiger partial charge in [-0.25, -0.2) is 0 Å². The maximum absolute atomic E-state index is 13.0. The van der Waals surface area contributed by atoms with E-state index in [-0.39, 0.29) is 19.8 Å². The van der Waals surface area contributed by atoms with Gasteiger partial charge in [0.05, 0.1) is 25.2 Å². The Morgan fingerprint density at radius 1 is 0.613 bits per heavy atom. The Kier molecular flexibility index (Phi) is 7.58. The van der Waals surface area contributed by atoms with Crippen LogP contribution in [-0.2, 0) is 43.9 Å². The summed E-state index contributed by atoms with van der Waals surface area (Å²) in [7, 11) is 0. The van der Waals surface area contributed by atoms with Crippen LogP contribution in [0.3, 0.4) is 0 Å². The molecule has 3 rings (SSSR count). The Morgan fingerprint density at radius 2 is 0.903 bits per heavy atom. The van der Waals surface area contributed by atoms with Crippen molar-refractivity contribution in [3.8, 4) is 0 Å². The minimum Gasteiger partial charge on any atom is -0.392 e. The van der Waals surface area contributed by atoms with Crippen LogP contribution in [0.2, 0.25) is 0 Å². The maximum Gasteiger partial charge on any atom is 0.224 e. The number of rotatable bonds is 10. The first-order valence-electron chi connectivity index (χ1n) is 10.3. The van der Waals surface area contributed by atoms with Crippen molar-refractivity contribution in [2.24, 2.45) is 11.1 Å². The highest BCUT2D eigenvalue weighted by Crippen LogP contribution is 2.33. The van der Waals surface area contributed by atoms with E-state index in [0.717, 1.165) is 33.4 Å². The topological polar surface area (TPSA) is 104 Å². The molecule has 1 amide bonds. The molecule has 0 heterocycles. The molecule has 0 aromatic heterocycles. The molecule has 3 aromatic rings. The van der Waals surface area contributed by atoms with Crippen LogP contribution in [0.1, 0.15) is 33.4 Å². The summed E-state index contributed by atoms with van der Waals surface area (Å²) in [6, 6.07) is 22.6. The third kappa shape index (κ3) is 5.79. The van der Waals surface area contributed by atoms with E-state index in [1.807, 2.05) is 72.8 Å². The van der Waals surface area contributed by atoms with Crippen LogP contribution in [0.4, 0.5) is 0 Å². The van der Waals surface area contributed by atoms with Crippen molar-refractivity contribution in [3.63, 3.8) is 0 Å². The van der Waals surface area contributed by atoms with Crippen LogP contribution in [0.15, 0.2) is 72.8 Å². The van der Waals surface area contributed by atoms with Gasteiger partial charge in [-0.15, -0.1) is 0 Å². The van der Waals surface area contributed by atoms with Crippen molar-refractivity contribution in [1.29, 1.82) is 0 Å². The van der Waals surface area contributed by atoms with Crippen LogP contribution in [-0.4, -0.2) is 21.2 Å². The number of carbonyl (C=O) groups excluding carboxylic acids is 1. The second-order valence-corrected chi connectivity index (χ2v) is 8.11. The highest BCUT2D eigenvalue weighted by molar-refractivity contribution is 5.82. The number of aliphatic hydroxyl groups is 3. The number of aliphatic hydroxyl groups excluding tert-OH is 3. The maximum atomic E-state index is 13.0. The molecule has 5 N–H and O–H groups in total. The standard InChI is InChI=1S/C26H29NO4/c27-25(31)26(13-19-4-1-7-22(10-19)16-28,14-20-5-2-8-23(11-20)17-29)15-21-6-3-9-24(12-21)18-30/h1-12,28-30H,13-18H2,(H2,27,31). The minimum atomic E-state index is -0.920. The molecule has 0 aliphatic heterocycles. The van der Waals surface area contributed by atoms with Gasteiger partial charge in [-0.2, -0.15) is 0 Å². The van der Waals surface area contributed by atoms with Crippen LogP contribution >= 0.6 is 0 Å². The van der Waals surface area contributed by atoms with Gasteiger partial charge in [0, 0.05) is 0 Å². The zero-order valence-corrected chi connectivity index (χ0v) is 17.5. The van der Waals surface area contributed by atoms with E-state index in [4.69, 9.17) is 5.73 Å². The summed E-state index contributed by atoms with van der Waals surface area (Å²) in [4.78, 5) is 13.0. The van der Waals surface area contributed by atoms with Crippen LogP contribution in [0, 0.1) is 5.41 Å². The van der Waals surface area contributed by atoms with Crippen LogP contribution in [0.25, 0.3) is 0 Å². The normalized spacial score (nSPS) is 11.5. The molecule has 3 aromatic carbocycles. The van der Waals surface area contributed by atoms with E-state index in [9.17, 15) is 20.1 Å². The zero-order chi connectivity index (χ0) is 22.3. The van der Waals surface area contributed by atoms with E-state index in [0.29, 0.717) is 19.3 Å². The Hall–Kier alpha value is -2.99.